The molecule has 4 rings (SSSR count). The zero-order valence-electron chi connectivity index (χ0n) is 14.0. The lowest BCUT2D eigenvalue weighted by Gasteiger charge is -2.09. The number of pyridine rings is 1. The lowest BCUT2D eigenvalue weighted by atomic mass is 10.1. The van der Waals surface area contributed by atoms with Crippen molar-refractivity contribution in [1.82, 2.24) is 14.5 Å². The summed E-state index contributed by atoms with van der Waals surface area (Å²) in [5, 5.41) is 3.27. The second-order valence-corrected chi connectivity index (χ2v) is 8.19. The molecule has 1 N–H and O–H groups in total. The first kappa shape index (κ1) is 15.8. The van der Waals surface area contributed by atoms with E-state index in [1.54, 1.807) is 18.2 Å². The summed E-state index contributed by atoms with van der Waals surface area (Å²) in [6.45, 7) is 3.53. The molecule has 0 fully saturated rings. The van der Waals surface area contributed by atoms with Gasteiger partial charge in [-0.25, -0.2) is 13.4 Å². The molecule has 0 radical (unpaired) electrons. The smallest absolute Gasteiger partial charge is 0.204 e. The molecular formula is C18H18N4O2S. The molecule has 0 unspecified atom stereocenters. The number of sulfone groups is 1. The first-order chi connectivity index (χ1) is 11.9. The van der Waals surface area contributed by atoms with Gasteiger partial charge in [0.15, 0.2) is 9.84 Å². The highest BCUT2D eigenvalue weighted by atomic mass is 32.2. The Morgan fingerprint density at radius 3 is 2.68 bits per heavy atom. The minimum absolute atomic E-state index is 0.301. The van der Waals surface area contributed by atoms with Crippen LogP contribution in [-0.2, 0) is 16.4 Å². The van der Waals surface area contributed by atoms with Crippen LogP contribution in [0.4, 0.5) is 5.95 Å². The number of anilines is 1. The van der Waals surface area contributed by atoms with Crippen molar-refractivity contribution in [2.45, 2.75) is 18.4 Å². The lowest BCUT2D eigenvalue weighted by Crippen LogP contribution is -2.01. The normalized spacial score (nSPS) is 13.5. The third kappa shape index (κ3) is 2.80. The van der Waals surface area contributed by atoms with Gasteiger partial charge in [-0.3, -0.25) is 4.98 Å². The summed E-state index contributed by atoms with van der Waals surface area (Å²) >= 11 is 0. The molecule has 1 aliphatic heterocycles. The van der Waals surface area contributed by atoms with Crippen molar-refractivity contribution in [2.75, 3.05) is 18.1 Å². The summed E-state index contributed by atoms with van der Waals surface area (Å²) in [6, 6.07) is 12.8. The molecule has 3 aromatic rings. The zero-order valence-corrected chi connectivity index (χ0v) is 14.8. The molecule has 2 aromatic heterocycles. The molecule has 0 spiro atoms. The number of hydrogen-bond acceptors (Lipinski definition) is 5. The van der Waals surface area contributed by atoms with Crippen LogP contribution in [0.1, 0.15) is 5.69 Å². The molecule has 6 nitrogen and oxygen atoms in total. The Labute approximate surface area is 146 Å². The van der Waals surface area contributed by atoms with Crippen LogP contribution in [0.5, 0.6) is 0 Å². The monoisotopic (exact) mass is 354 g/mol. The Hall–Kier alpha value is -2.67. The molecule has 128 valence electrons. The Morgan fingerprint density at radius 1 is 1.12 bits per heavy atom. The van der Waals surface area contributed by atoms with Crippen LogP contribution in [0.25, 0.3) is 22.6 Å². The SMILES string of the molecule is Cc1cccc(-c2nc3n(c2-c2cccc(S(C)(=O)=O)c2)CCN3)n1. The van der Waals surface area contributed by atoms with Crippen LogP contribution in [0, 0.1) is 6.92 Å². The molecule has 0 aliphatic carbocycles. The maximum atomic E-state index is 11.9. The third-order valence-corrected chi connectivity index (χ3v) is 5.36. The molecular weight excluding hydrogens is 336 g/mol. The van der Waals surface area contributed by atoms with Crippen LogP contribution in [0.3, 0.4) is 0 Å². The fourth-order valence-electron chi connectivity index (χ4n) is 3.11. The van der Waals surface area contributed by atoms with E-state index >= 15 is 0 Å². The van der Waals surface area contributed by atoms with Crippen molar-refractivity contribution in [3.8, 4) is 22.6 Å². The number of fused-ring (bicyclic) bond motifs is 1. The third-order valence-electron chi connectivity index (χ3n) is 4.25. The molecule has 3 heterocycles. The molecule has 0 atom stereocenters. The van der Waals surface area contributed by atoms with Gasteiger partial charge < -0.3 is 9.88 Å². The molecule has 0 amide bonds. The first-order valence-electron chi connectivity index (χ1n) is 8.02. The summed E-state index contributed by atoms with van der Waals surface area (Å²) in [7, 11) is -3.28. The number of benzene rings is 1. The van der Waals surface area contributed by atoms with Crippen molar-refractivity contribution in [2.24, 2.45) is 0 Å². The van der Waals surface area contributed by atoms with Gasteiger partial charge in [0.1, 0.15) is 5.69 Å². The van der Waals surface area contributed by atoms with Crippen molar-refractivity contribution in [1.29, 1.82) is 0 Å². The van der Waals surface area contributed by atoms with Gasteiger partial charge in [0.25, 0.3) is 0 Å². The minimum Gasteiger partial charge on any atom is -0.354 e. The fourth-order valence-corrected chi connectivity index (χ4v) is 3.77. The maximum Gasteiger partial charge on any atom is 0.204 e. The van der Waals surface area contributed by atoms with Crippen molar-refractivity contribution < 1.29 is 8.42 Å². The van der Waals surface area contributed by atoms with E-state index < -0.39 is 9.84 Å². The highest BCUT2D eigenvalue weighted by Crippen LogP contribution is 2.36. The predicted octanol–water partition coefficient (Wildman–Crippen LogP) is 2.75. The number of nitrogens with one attached hydrogen (secondary N) is 1. The number of aryl methyl sites for hydroxylation is 1. The number of rotatable bonds is 3. The summed E-state index contributed by atoms with van der Waals surface area (Å²) in [5.74, 6) is 0.790. The van der Waals surface area contributed by atoms with Gasteiger partial charge in [0.05, 0.1) is 16.3 Å². The Morgan fingerprint density at radius 2 is 1.92 bits per heavy atom. The average molecular weight is 354 g/mol. The second kappa shape index (κ2) is 5.70. The standard InChI is InChI=1S/C18H18N4O2S/c1-12-5-3-8-15(20-12)16-17(22-10-9-19-18(22)21-16)13-6-4-7-14(11-13)25(2,23)24/h3-8,11H,9-10H2,1-2H3,(H,19,21). The van der Waals surface area contributed by atoms with Gasteiger partial charge >= 0.3 is 0 Å². The maximum absolute atomic E-state index is 11.9. The first-order valence-corrected chi connectivity index (χ1v) is 9.91. The second-order valence-electron chi connectivity index (χ2n) is 6.18. The number of imidazole rings is 1. The van der Waals surface area contributed by atoms with Crippen molar-refractivity contribution in [3.05, 3.63) is 48.2 Å². The topological polar surface area (TPSA) is 76.9 Å². The average Bonchev–Trinajstić information content (AvgIpc) is 3.14. The van der Waals surface area contributed by atoms with Crippen LogP contribution >= 0.6 is 0 Å². The Kier molecular flexibility index (Phi) is 3.61. The molecule has 0 saturated heterocycles. The van der Waals surface area contributed by atoms with Crippen LogP contribution in [-0.4, -0.2) is 35.8 Å². The number of hydrogen-bond donors (Lipinski definition) is 1. The largest absolute Gasteiger partial charge is 0.354 e. The molecule has 0 saturated carbocycles. The molecule has 7 heteroatoms. The highest BCUT2D eigenvalue weighted by molar-refractivity contribution is 7.90. The molecule has 25 heavy (non-hydrogen) atoms. The molecule has 0 bridgehead atoms. The van der Waals surface area contributed by atoms with Crippen LogP contribution in [0.15, 0.2) is 47.4 Å². The number of aromatic nitrogens is 3. The van der Waals surface area contributed by atoms with Crippen LogP contribution in [0.2, 0.25) is 0 Å². The Balaban J connectivity index is 1.96. The van der Waals surface area contributed by atoms with E-state index in [9.17, 15) is 8.42 Å². The summed E-state index contributed by atoms with van der Waals surface area (Å²) < 4.78 is 26.0. The van der Waals surface area contributed by atoms with E-state index in [1.807, 2.05) is 31.2 Å². The molecule has 1 aliphatic rings. The summed E-state index contributed by atoms with van der Waals surface area (Å²) in [6.07, 6.45) is 1.22. The predicted molar refractivity (Wildman–Crippen MR) is 97.2 cm³/mol. The van der Waals surface area contributed by atoms with Gasteiger partial charge in [0.2, 0.25) is 5.95 Å². The van der Waals surface area contributed by atoms with E-state index in [2.05, 4.69) is 14.9 Å². The van der Waals surface area contributed by atoms with E-state index in [0.717, 1.165) is 47.4 Å². The zero-order chi connectivity index (χ0) is 17.6. The fraction of sp³-hybridized carbons (Fsp3) is 0.222. The van der Waals surface area contributed by atoms with Gasteiger partial charge in [0, 0.05) is 30.6 Å². The van der Waals surface area contributed by atoms with E-state index in [4.69, 9.17) is 4.98 Å². The van der Waals surface area contributed by atoms with Crippen molar-refractivity contribution in [3.63, 3.8) is 0 Å². The molecule has 1 aromatic carbocycles. The highest BCUT2D eigenvalue weighted by Gasteiger charge is 2.24. The quantitative estimate of drug-likeness (QED) is 0.783. The van der Waals surface area contributed by atoms with Gasteiger partial charge in [-0.2, -0.15) is 0 Å². The van der Waals surface area contributed by atoms with E-state index in [-0.39, 0.29) is 0 Å². The van der Waals surface area contributed by atoms with E-state index in [0.29, 0.717) is 4.90 Å². The van der Waals surface area contributed by atoms with Gasteiger partial charge in [-0.15, -0.1) is 0 Å². The summed E-state index contributed by atoms with van der Waals surface area (Å²) in [4.78, 5) is 9.60. The number of nitrogens with zero attached hydrogens (tertiary/aromatic N) is 3. The van der Waals surface area contributed by atoms with Crippen LogP contribution < -0.4 is 5.32 Å². The van der Waals surface area contributed by atoms with Gasteiger partial charge in [-0.1, -0.05) is 18.2 Å². The lowest BCUT2D eigenvalue weighted by molar-refractivity contribution is 0.602. The minimum atomic E-state index is -3.28. The Bertz CT molecular complexity index is 1070. The van der Waals surface area contributed by atoms with E-state index in [1.165, 1.54) is 6.26 Å². The summed E-state index contributed by atoms with van der Waals surface area (Å²) in [5.41, 5.74) is 4.17. The van der Waals surface area contributed by atoms with Gasteiger partial charge in [-0.05, 0) is 31.2 Å². The van der Waals surface area contributed by atoms with Crippen molar-refractivity contribution >= 4 is 15.8 Å².